The van der Waals surface area contributed by atoms with Crippen LogP contribution in [0.25, 0.3) is 0 Å². The van der Waals surface area contributed by atoms with E-state index >= 15 is 0 Å². The molecule has 4 unspecified atom stereocenters. The zero-order chi connectivity index (χ0) is 36.9. The van der Waals surface area contributed by atoms with Gasteiger partial charge in [0, 0.05) is 25.6 Å². The lowest BCUT2D eigenvalue weighted by molar-refractivity contribution is -0.193. The van der Waals surface area contributed by atoms with Gasteiger partial charge in [-0.2, -0.15) is 8.42 Å². The van der Waals surface area contributed by atoms with Gasteiger partial charge in [0.1, 0.15) is 0 Å². The maximum Gasteiger partial charge on any atom is 0.308 e. The Labute approximate surface area is 313 Å². The van der Waals surface area contributed by atoms with E-state index in [-0.39, 0.29) is 59.3 Å². The minimum absolute atomic E-state index is 0.0889. The minimum atomic E-state index is -4.04. The van der Waals surface area contributed by atoms with Gasteiger partial charge in [-0.1, -0.05) is 75.1 Å². The van der Waals surface area contributed by atoms with Crippen molar-refractivity contribution in [2.75, 3.05) is 20.3 Å². The number of hydrogen-bond acceptors (Lipinski definition) is 9. The van der Waals surface area contributed by atoms with E-state index in [1.165, 1.54) is 20.0 Å². The summed E-state index contributed by atoms with van der Waals surface area (Å²) in [7, 11) is -2.56. The number of ether oxygens (including phenoxy) is 5. The lowest BCUT2D eigenvalue weighted by atomic mass is 9.86. The molecule has 52 heavy (non-hydrogen) atoms. The van der Waals surface area contributed by atoms with Crippen molar-refractivity contribution in [2.45, 2.75) is 153 Å². The predicted octanol–water partition coefficient (Wildman–Crippen LogP) is 8.84. The Morgan fingerprint density at radius 2 is 1.60 bits per heavy atom. The van der Waals surface area contributed by atoms with E-state index < -0.39 is 16.2 Å². The normalized spacial score (nSPS) is 29.5. The number of aryl methyl sites for hydroxylation is 1. The summed E-state index contributed by atoms with van der Waals surface area (Å²) < 4.78 is 64.1. The summed E-state index contributed by atoms with van der Waals surface area (Å²) in [4.78, 5) is 12.8. The molecule has 2 saturated carbocycles. The first-order chi connectivity index (χ1) is 25.2. The van der Waals surface area contributed by atoms with Crippen molar-refractivity contribution in [3.63, 3.8) is 0 Å². The summed E-state index contributed by atoms with van der Waals surface area (Å²) in [6.07, 6.45) is 20.8. The van der Waals surface area contributed by atoms with E-state index in [1.807, 2.05) is 6.92 Å². The first-order valence-corrected chi connectivity index (χ1v) is 21.5. The van der Waals surface area contributed by atoms with Gasteiger partial charge in [-0.15, -0.1) is 0 Å². The third-order valence-corrected chi connectivity index (χ3v) is 13.1. The van der Waals surface area contributed by atoms with Crippen LogP contribution < -0.4 is 0 Å². The molecule has 2 saturated heterocycles. The molecule has 5 rings (SSSR count). The lowest BCUT2D eigenvalue weighted by Gasteiger charge is -2.31. The van der Waals surface area contributed by atoms with Crippen molar-refractivity contribution >= 4 is 16.1 Å². The molecule has 2 heterocycles. The van der Waals surface area contributed by atoms with Crippen molar-refractivity contribution in [1.82, 2.24) is 0 Å². The summed E-state index contributed by atoms with van der Waals surface area (Å²) in [5, 5.41) is 0. The molecular weight excluding hydrogens is 681 g/mol. The number of benzene rings is 1. The average molecular weight is 745 g/mol. The topological polar surface area (TPSA) is 107 Å². The first-order valence-electron chi connectivity index (χ1n) is 20.1. The fourth-order valence-electron chi connectivity index (χ4n) is 8.39. The van der Waals surface area contributed by atoms with Crippen LogP contribution >= 0.6 is 0 Å². The summed E-state index contributed by atoms with van der Waals surface area (Å²) >= 11 is 0. The Bertz CT molecular complexity index is 1370. The van der Waals surface area contributed by atoms with Crippen LogP contribution in [0.1, 0.15) is 116 Å². The van der Waals surface area contributed by atoms with E-state index in [0.29, 0.717) is 32.0 Å². The molecule has 2 aliphatic heterocycles. The average Bonchev–Trinajstić information content (AvgIpc) is 3.80. The van der Waals surface area contributed by atoms with E-state index in [0.717, 1.165) is 76.2 Å². The van der Waals surface area contributed by atoms with Crippen LogP contribution in [0.4, 0.5) is 0 Å². The third kappa shape index (κ3) is 11.7. The molecule has 0 N–H and O–H groups in total. The quantitative estimate of drug-likeness (QED) is 0.0828. The van der Waals surface area contributed by atoms with Crippen LogP contribution in [0.3, 0.4) is 0 Å². The van der Waals surface area contributed by atoms with Gasteiger partial charge in [0.2, 0.25) is 0 Å². The van der Waals surface area contributed by atoms with Gasteiger partial charge in [0.25, 0.3) is 10.1 Å². The van der Waals surface area contributed by atoms with Crippen molar-refractivity contribution in [3.8, 4) is 0 Å². The van der Waals surface area contributed by atoms with Crippen LogP contribution in [-0.2, 0) is 42.8 Å². The Morgan fingerprint density at radius 3 is 2.23 bits per heavy atom. The summed E-state index contributed by atoms with van der Waals surface area (Å²) in [5.74, 6) is 0.119. The van der Waals surface area contributed by atoms with Crippen molar-refractivity contribution in [3.05, 3.63) is 54.1 Å². The standard InChI is InChI=1S/C42H64O9S/c1-5-31(3)37(49-40-19-11-13-27-47-40)26-25-36-35(18-8-6-7-17-34(42(43)46-4)32-15-9-10-16-32)39(29-38(36)50-41-20-12-14-28-48-41)51-52(44,45)33-23-21-30(2)22-24-33/h6,8,21-26,31-32,34-41H,5,7,9-20,27-29H2,1-4H3/b8-6-,26-25+/t31?,34?,35-,36-,37+,38-,39-,40?,41?/m1/s1. The van der Waals surface area contributed by atoms with Gasteiger partial charge in [-0.25, -0.2) is 0 Å². The van der Waals surface area contributed by atoms with Crippen molar-refractivity contribution in [2.24, 2.45) is 29.6 Å². The summed E-state index contributed by atoms with van der Waals surface area (Å²) in [5.41, 5.74) is 0.980. The SMILES string of the molecule is CCC(C)[C@H](/C=C/[C@@H]1[C@@H](C/C=C\CCC(C(=O)OC)C2CCCC2)[C@H](OS(=O)(=O)c2ccc(C)cc2)C[C@H]1OC1CCCCO1)OC1CCCCO1. The molecule has 0 aromatic heterocycles. The van der Waals surface area contributed by atoms with E-state index in [2.05, 4.69) is 38.2 Å². The smallest absolute Gasteiger partial charge is 0.308 e. The van der Waals surface area contributed by atoms with Gasteiger partial charge >= 0.3 is 5.97 Å². The highest BCUT2D eigenvalue weighted by Crippen LogP contribution is 2.43. The van der Waals surface area contributed by atoms with E-state index in [4.69, 9.17) is 27.9 Å². The number of rotatable bonds is 18. The first kappa shape index (κ1) is 41.1. The highest BCUT2D eigenvalue weighted by molar-refractivity contribution is 7.86. The molecule has 10 heteroatoms. The second kappa shape index (κ2) is 20.6. The molecule has 9 atom stereocenters. The number of carbonyl (C=O) groups is 1. The van der Waals surface area contributed by atoms with Crippen molar-refractivity contribution in [1.29, 1.82) is 0 Å². The molecule has 1 aromatic carbocycles. The van der Waals surface area contributed by atoms with Crippen LogP contribution in [0.5, 0.6) is 0 Å². The number of carbonyl (C=O) groups excluding carboxylic acids is 1. The number of allylic oxidation sites excluding steroid dienone is 2. The zero-order valence-electron chi connectivity index (χ0n) is 32.0. The molecule has 2 aliphatic carbocycles. The minimum Gasteiger partial charge on any atom is -0.469 e. The van der Waals surface area contributed by atoms with Crippen LogP contribution in [0.15, 0.2) is 53.5 Å². The molecule has 1 aromatic rings. The highest BCUT2D eigenvalue weighted by atomic mass is 32.2. The highest BCUT2D eigenvalue weighted by Gasteiger charge is 2.46. The molecule has 0 radical (unpaired) electrons. The van der Waals surface area contributed by atoms with Gasteiger partial charge in [-0.3, -0.25) is 8.98 Å². The van der Waals surface area contributed by atoms with Crippen LogP contribution in [-0.4, -0.2) is 65.6 Å². The van der Waals surface area contributed by atoms with Crippen LogP contribution in [0, 0.1) is 36.5 Å². The fourth-order valence-corrected chi connectivity index (χ4v) is 9.52. The predicted molar refractivity (Wildman–Crippen MR) is 201 cm³/mol. The summed E-state index contributed by atoms with van der Waals surface area (Å²) in [6.45, 7) is 7.67. The molecule has 9 nitrogen and oxygen atoms in total. The summed E-state index contributed by atoms with van der Waals surface area (Å²) in [6, 6.07) is 6.81. The van der Waals surface area contributed by atoms with Gasteiger partial charge in [0.15, 0.2) is 12.6 Å². The third-order valence-electron chi connectivity index (χ3n) is 11.8. The molecule has 0 amide bonds. The molecule has 0 spiro atoms. The molecule has 0 bridgehead atoms. The fraction of sp³-hybridized carbons (Fsp3) is 0.738. The van der Waals surface area contributed by atoms with Gasteiger partial charge < -0.3 is 23.7 Å². The molecule has 292 valence electrons. The lowest BCUT2D eigenvalue weighted by Crippen LogP contribution is -2.32. The second-order valence-electron chi connectivity index (χ2n) is 15.5. The maximum atomic E-state index is 13.7. The van der Waals surface area contributed by atoms with E-state index in [1.54, 1.807) is 24.3 Å². The Hall–Kier alpha value is -2.08. The van der Waals surface area contributed by atoms with Crippen molar-refractivity contribution < 1.29 is 41.1 Å². The zero-order valence-corrected chi connectivity index (χ0v) is 32.8. The number of methoxy groups -OCH3 is 1. The van der Waals surface area contributed by atoms with Gasteiger partial charge in [0.05, 0.1) is 36.2 Å². The monoisotopic (exact) mass is 744 g/mol. The second-order valence-corrected chi connectivity index (χ2v) is 17.0. The Balaban J connectivity index is 1.39. The van der Waals surface area contributed by atoms with Crippen LogP contribution in [0.2, 0.25) is 0 Å². The molecule has 4 aliphatic rings. The number of esters is 1. The number of hydrogen-bond donors (Lipinski definition) is 0. The van der Waals surface area contributed by atoms with Gasteiger partial charge in [-0.05, 0) is 107 Å². The Morgan fingerprint density at radius 1 is 0.923 bits per heavy atom. The largest absolute Gasteiger partial charge is 0.469 e. The Kier molecular flexibility index (Phi) is 16.2. The molecule has 4 fully saturated rings. The molecular formula is C42H64O9S. The maximum absolute atomic E-state index is 13.7. The van der Waals surface area contributed by atoms with E-state index in [9.17, 15) is 13.2 Å².